The lowest BCUT2D eigenvalue weighted by atomic mass is 10.1. The average molecular weight is 534 g/mol. The number of aromatic nitrogens is 2. The van der Waals surface area contributed by atoms with Crippen molar-refractivity contribution in [3.8, 4) is 0 Å². The van der Waals surface area contributed by atoms with Crippen LogP contribution in [0.2, 0.25) is 0 Å². The standard InChI is InChI=1S/C23H30N6O.HI/c1-4-24-23(26-16-18-10-12-19(13-11-18)22(30)28(2)3)25-14-7-15-29-17-27-20-8-5-6-9-21(20)29;/h5-6,8-13,17H,4,7,14-16H2,1-3H3,(H2,24,25,26);1H. The van der Waals surface area contributed by atoms with Crippen molar-refractivity contribution in [2.24, 2.45) is 4.99 Å². The maximum absolute atomic E-state index is 12.0. The molecule has 2 aromatic carbocycles. The number of hydrogen-bond acceptors (Lipinski definition) is 3. The van der Waals surface area contributed by atoms with E-state index in [2.05, 4.69) is 38.2 Å². The number of aliphatic imine (C=N–C) groups is 1. The zero-order chi connectivity index (χ0) is 21.3. The second-order valence-corrected chi connectivity index (χ2v) is 7.30. The van der Waals surface area contributed by atoms with Crippen molar-refractivity contribution in [2.75, 3.05) is 27.2 Å². The molecule has 0 unspecified atom stereocenters. The van der Waals surface area contributed by atoms with Crippen LogP contribution in [-0.2, 0) is 13.1 Å². The Balaban J connectivity index is 0.00000341. The third-order valence-corrected chi connectivity index (χ3v) is 4.77. The highest BCUT2D eigenvalue weighted by atomic mass is 127. The highest BCUT2D eigenvalue weighted by Crippen LogP contribution is 2.12. The van der Waals surface area contributed by atoms with Crippen molar-refractivity contribution in [3.63, 3.8) is 0 Å². The lowest BCUT2D eigenvalue weighted by molar-refractivity contribution is 0.0827. The normalized spacial score (nSPS) is 11.1. The molecule has 0 aliphatic rings. The molecule has 0 atom stereocenters. The van der Waals surface area contributed by atoms with Gasteiger partial charge in [0.05, 0.1) is 23.9 Å². The summed E-state index contributed by atoms with van der Waals surface area (Å²) in [5, 5.41) is 6.67. The molecule has 3 rings (SSSR count). The molecule has 0 bridgehead atoms. The summed E-state index contributed by atoms with van der Waals surface area (Å²) in [5.74, 6) is 0.798. The molecule has 7 nitrogen and oxygen atoms in total. The maximum Gasteiger partial charge on any atom is 0.253 e. The molecule has 166 valence electrons. The molecule has 3 aromatic rings. The third kappa shape index (κ3) is 6.95. The second-order valence-electron chi connectivity index (χ2n) is 7.30. The quantitative estimate of drug-likeness (QED) is 0.201. The Labute approximate surface area is 201 Å². The third-order valence-electron chi connectivity index (χ3n) is 4.77. The molecule has 0 aliphatic carbocycles. The monoisotopic (exact) mass is 534 g/mol. The van der Waals surface area contributed by atoms with Crippen LogP contribution in [0.25, 0.3) is 11.0 Å². The lowest BCUT2D eigenvalue weighted by Crippen LogP contribution is -2.38. The Hall–Kier alpha value is -2.62. The molecular formula is C23H31IN6O. The maximum atomic E-state index is 12.0. The molecule has 2 N–H and O–H groups in total. The molecule has 0 saturated heterocycles. The number of benzene rings is 2. The Kier molecular flexibility index (Phi) is 9.77. The Morgan fingerprint density at radius 1 is 1.10 bits per heavy atom. The van der Waals surface area contributed by atoms with Gasteiger partial charge in [-0.3, -0.25) is 4.79 Å². The predicted octanol–water partition coefficient (Wildman–Crippen LogP) is 3.50. The number of nitrogens with one attached hydrogen (secondary N) is 2. The number of fused-ring (bicyclic) bond motifs is 1. The van der Waals surface area contributed by atoms with Gasteiger partial charge in [0.1, 0.15) is 0 Å². The number of nitrogens with zero attached hydrogens (tertiary/aromatic N) is 4. The summed E-state index contributed by atoms with van der Waals surface area (Å²) in [7, 11) is 3.51. The minimum Gasteiger partial charge on any atom is -0.357 e. The molecule has 8 heteroatoms. The molecule has 0 spiro atoms. The SMILES string of the molecule is CCNC(=NCc1ccc(C(=O)N(C)C)cc1)NCCCn1cnc2ccccc21.I. The minimum atomic E-state index is 0. The van der Waals surface area contributed by atoms with E-state index in [9.17, 15) is 4.79 Å². The van der Waals surface area contributed by atoms with Crippen LogP contribution in [0.1, 0.15) is 29.3 Å². The van der Waals surface area contributed by atoms with Gasteiger partial charge in [0, 0.05) is 39.3 Å². The van der Waals surface area contributed by atoms with Gasteiger partial charge in [0.25, 0.3) is 5.91 Å². The van der Waals surface area contributed by atoms with Crippen LogP contribution >= 0.6 is 24.0 Å². The van der Waals surface area contributed by atoms with Gasteiger partial charge in [-0.05, 0) is 43.2 Å². The van der Waals surface area contributed by atoms with E-state index in [1.54, 1.807) is 19.0 Å². The van der Waals surface area contributed by atoms with Crippen LogP contribution in [0.5, 0.6) is 0 Å². The van der Waals surface area contributed by atoms with E-state index in [-0.39, 0.29) is 29.9 Å². The van der Waals surface area contributed by atoms with Crippen molar-refractivity contribution in [2.45, 2.75) is 26.4 Å². The van der Waals surface area contributed by atoms with Gasteiger partial charge >= 0.3 is 0 Å². The van der Waals surface area contributed by atoms with Gasteiger partial charge in [-0.1, -0.05) is 24.3 Å². The van der Waals surface area contributed by atoms with Crippen LogP contribution in [-0.4, -0.2) is 53.5 Å². The van der Waals surface area contributed by atoms with Gasteiger partial charge in [0.15, 0.2) is 5.96 Å². The fraction of sp³-hybridized carbons (Fsp3) is 0.348. The predicted molar refractivity (Wildman–Crippen MR) is 137 cm³/mol. The summed E-state index contributed by atoms with van der Waals surface area (Å²) in [6.45, 7) is 5.12. The molecule has 0 saturated carbocycles. The summed E-state index contributed by atoms with van der Waals surface area (Å²) in [4.78, 5) is 22.7. The molecule has 31 heavy (non-hydrogen) atoms. The van der Waals surface area contributed by atoms with E-state index in [1.807, 2.05) is 48.8 Å². The van der Waals surface area contributed by atoms with E-state index in [0.29, 0.717) is 12.1 Å². The summed E-state index contributed by atoms with van der Waals surface area (Å²) in [6.07, 6.45) is 2.86. The molecule has 0 radical (unpaired) electrons. The van der Waals surface area contributed by atoms with E-state index in [1.165, 1.54) is 0 Å². The fourth-order valence-corrected chi connectivity index (χ4v) is 3.17. The second kappa shape index (κ2) is 12.3. The van der Waals surface area contributed by atoms with E-state index in [4.69, 9.17) is 0 Å². The van der Waals surface area contributed by atoms with Gasteiger partial charge in [-0.15, -0.1) is 24.0 Å². The minimum absolute atomic E-state index is 0. The first-order valence-corrected chi connectivity index (χ1v) is 10.3. The zero-order valence-corrected chi connectivity index (χ0v) is 20.7. The average Bonchev–Trinajstić information content (AvgIpc) is 3.18. The first-order chi connectivity index (χ1) is 14.6. The number of carbonyl (C=O) groups is 1. The van der Waals surface area contributed by atoms with Crippen LogP contribution in [0.4, 0.5) is 0 Å². The van der Waals surface area contributed by atoms with E-state index in [0.717, 1.165) is 48.6 Å². The summed E-state index contributed by atoms with van der Waals surface area (Å²) < 4.78 is 2.18. The van der Waals surface area contributed by atoms with Gasteiger partial charge in [-0.25, -0.2) is 9.98 Å². The first kappa shape index (κ1) is 24.6. The zero-order valence-electron chi connectivity index (χ0n) is 18.3. The fourth-order valence-electron chi connectivity index (χ4n) is 3.17. The number of imidazole rings is 1. The molecule has 0 fully saturated rings. The van der Waals surface area contributed by atoms with Crippen LogP contribution in [0.15, 0.2) is 59.9 Å². The number of amides is 1. The van der Waals surface area contributed by atoms with Crippen molar-refractivity contribution < 1.29 is 4.79 Å². The topological polar surface area (TPSA) is 74.6 Å². The smallest absolute Gasteiger partial charge is 0.253 e. The summed E-state index contributed by atoms with van der Waals surface area (Å²) in [6, 6.07) is 15.8. The molecule has 1 amide bonds. The first-order valence-electron chi connectivity index (χ1n) is 10.3. The highest BCUT2D eigenvalue weighted by molar-refractivity contribution is 14.0. The number of halogens is 1. The number of aryl methyl sites for hydroxylation is 1. The number of carbonyl (C=O) groups excluding carboxylic acids is 1. The van der Waals surface area contributed by atoms with Crippen molar-refractivity contribution >= 4 is 46.9 Å². The van der Waals surface area contributed by atoms with Gasteiger partial charge < -0.3 is 20.1 Å². The van der Waals surface area contributed by atoms with E-state index >= 15 is 0 Å². The van der Waals surface area contributed by atoms with Crippen molar-refractivity contribution in [3.05, 3.63) is 66.0 Å². The number of rotatable bonds is 8. The molecular weight excluding hydrogens is 503 g/mol. The van der Waals surface area contributed by atoms with Gasteiger partial charge in [0.2, 0.25) is 0 Å². The molecule has 1 heterocycles. The van der Waals surface area contributed by atoms with Gasteiger partial charge in [-0.2, -0.15) is 0 Å². The lowest BCUT2D eigenvalue weighted by Gasteiger charge is -2.12. The van der Waals surface area contributed by atoms with Crippen LogP contribution < -0.4 is 10.6 Å². The van der Waals surface area contributed by atoms with Crippen LogP contribution in [0, 0.1) is 0 Å². The number of guanidine groups is 1. The van der Waals surface area contributed by atoms with Crippen molar-refractivity contribution in [1.29, 1.82) is 0 Å². The van der Waals surface area contributed by atoms with E-state index < -0.39 is 0 Å². The largest absolute Gasteiger partial charge is 0.357 e. The molecule has 0 aliphatic heterocycles. The number of hydrogen-bond donors (Lipinski definition) is 2. The summed E-state index contributed by atoms with van der Waals surface area (Å²) >= 11 is 0. The molecule has 1 aromatic heterocycles. The van der Waals surface area contributed by atoms with Crippen LogP contribution in [0.3, 0.4) is 0 Å². The van der Waals surface area contributed by atoms with Crippen molar-refractivity contribution in [1.82, 2.24) is 25.1 Å². The Bertz CT molecular complexity index is 997. The Morgan fingerprint density at radius 3 is 2.55 bits per heavy atom. The number of para-hydroxylation sites is 2. The Morgan fingerprint density at radius 2 is 1.84 bits per heavy atom. The highest BCUT2D eigenvalue weighted by Gasteiger charge is 2.07. The summed E-state index contributed by atoms with van der Waals surface area (Å²) in [5.41, 5.74) is 3.94.